The number of hydrogen-bond donors (Lipinski definition) is 16. The van der Waals surface area contributed by atoms with Gasteiger partial charge in [0.05, 0.1) is 44.2 Å². The summed E-state index contributed by atoms with van der Waals surface area (Å²) in [4.78, 5) is 31.5. The van der Waals surface area contributed by atoms with Crippen LogP contribution in [-0.4, -0.2) is 285 Å². The zero-order valence-electron chi connectivity index (χ0n) is 44.0. The van der Waals surface area contributed by atoms with Gasteiger partial charge in [-0.25, -0.2) is 22.6 Å². The van der Waals surface area contributed by atoms with Crippen LogP contribution in [0.2, 0.25) is 0 Å². The second-order valence-electron chi connectivity index (χ2n) is 18.8. The molecule has 1 amide bonds. The standard InChI is InChI=1S/C34H59N3O43S7/c1-8-11(5-63-85(54,55)56)67-31(9(2)16(8)38)71-24-18(40)19(41)33(73-27(24)29(43)35-4)70-22-13(7-65-87(60,61)62)68-32(15(37-84(51,52)53)23(22)76-82-79-77-46)72-25-20(42)26(75-78-80-81-47)34(74-28(25)30(44)45)69-21-12(6-64-86(57,58)59)66-10(3)14(17(21)39)36-83(48,49)50/h8-28,31-34,36-42,46-47H,5-7H2,1-4H3,(H,35,43)(H,44,45)(H,48,49,50)(H,51,52,53)(H,54,55,56)(H,57,58,59)(H,60,61,62). The quantitative estimate of drug-likeness (QED) is 0.0101. The van der Waals surface area contributed by atoms with E-state index in [9.17, 15) is 101 Å². The minimum Gasteiger partial charge on any atom is -0.479 e. The molecule has 5 fully saturated rings. The second kappa shape index (κ2) is 31.8. The van der Waals surface area contributed by atoms with Gasteiger partial charge >= 0.3 is 57.8 Å². The molecule has 0 aromatic heterocycles. The van der Waals surface area contributed by atoms with Gasteiger partial charge in [-0.3, -0.25) is 31.7 Å². The Labute approximate surface area is 499 Å². The van der Waals surface area contributed by atoms with Gasteiger partial charge in [0.25, 0.3) is 5.91 Å². The van der Waals surface area contributed by atoms with Crippen LogP contribution in [-0.2, 0) is 144 Å². The van der Waals surface area contributed by atoms with E-state index < -0.39 is 261 Å². The van der Waals surface area contributed by atoms with Crippen LogP contribution < -0.4 is 14.8 Å². The number of hydrogen-bond acceptors (Lipinski definition) is 39. The molecule has 0 radical (unpaired) electrons. The molecule has 87 heavy (non-hydrogen) atoms. The SMILES string of the molecule is CNC(=O)C1OC(OC2C(COS(=O)(=O)O)OC(OC3C(C(=O)O)OC(OC4C(COS(=O)(=O)O)OC(C)C(NS(=O)(=O)O)C4O)C(OOOSO)C3O)C(NS(=O)(=O)O)C2OSOOO)C(O)C(O)C1OC1OC(COS(=O)(=O)O)C(C)C(O)C1C. The molecule has 5 aliphatic rings. The summed E-state index contributed by atoms with van der Waals surface area (Å²) < 4.78 is 258. The molecule has 0 bridgehead atoms. The van der Waals surface area contributed by atoms with Gasteiger partial charge in [-0.15, -0.1) is 8.67 Å². The van der Waals surface area contributed by atoms with Gasteiger partial charge in [-0.1, -0.05) is 23.9 Å². The molecule has 5 aliphatic heterocycles. The fourth-order valence-corrected chi connectivity index (χ4v) is 11.8. The highest BCUT2D eigenvalue weighted by molar-refractivity contribution is 7.89. The third kappa shape index (κ3) is 21.6. The van der Waals surface area contributed by atoms with E-state index in [1.54, 1.807) is 4.72 Å². The molecule has 0 aromatic rings. The van der Waals surface area contributed by atoms with E-state index in [-0.39, 0.29) is 0 Å². The highest BCUT2D eigenvalue weighted by Gasteiger charge is 2.60. The number of carbonyl (C=O) groups is 2. The Kier molecular flexibility index (Phi) is 27.7. The van der Waals surface area contributed by atoms with Crippen molar-refractivity contribution in [2.24, 2.45) is 11.8 Å². The van der Waals surface area contributed by atoms with Gasteiger partial charge < -0.3 is 83.1 Å². The molecule has 16 N–H and O–H groups in total. The molecule has 46 nitrogen and oxygen atoms in total. The summed E-state index contributed by atoms with van der Waals surface area (Å²) in [6.07, 6.45) is -48.6. The van der Waals surface area contributed by atoms with Gasteiger partial charge in [0.15, 0.2) is 68.1 Å². The molecule has 25 unspecified atom stereocenters. The van der Waals surface area contributed by atoms with Gasteiger partial charge in [0, 0.05) is 18.9 Å². The maximum absolute atomic E-state index is 13.5. The summed E-state index contributed by atoms with van der Waals surface area (Å²) in [5, 5.41) is 87.0. The van der Waals surface area contributed by atoms with Crippen LogP contribution in [0, 0.1) is 11.8 Å². The van der Waals surface area contributed by atoms with Crippen molar-refractivity contribution < 1.29 is 198 Å². The largest absolute Gasteiger partial charge is 0.479 e. The van der Waals surface area contributed by atoms with Crippen molar-refractivity contribution in [3.05, 3.63) is 0 Å². The van der Waals surface area contributed by atoms with Crippen molar-refractivity contribution in [3.63, 3.8) is 0 Å². The Morgan fingerprint density at radius 1 is 0.517 bits per heavy atom. The molecular formula is C34H59N3O43S7. The smallest absolute Gasteiger partial charge is 0.397 e. The lowest BCUT2D eigenvalue weighted by molar-refractivity contribution is -0.512. The predicted octanol–water partition coefficient (Wildman–Crippen LogP) is -8.16. The van der Waals surface area contributed by atoms with E-state index in [4.69, 9.17) is 66.1 Å². The maximum Gasteiger partial charge on any atom is 0.397 e. The summed E-state index contributed by atoms with van der Waals surface area (Å²) in [5.41, 5.74) is 0. The van der Waals surface area contributed by atoms with Crippen molar-refractivity contribution in [1.82, 2.24) is 14.8 Å². The minimum atomic E-state index is -5.79. The number of aliphatic hydroxyl groups excluding tert-OH is 5. The Hall–Kier alpha value is -1.89. The normalized spacial score (nSPS) is 39.3. The van der Waals surface area contributed by atoms with Gasteiger partial charge in [0.1, 0.15) is 73.2 Å². The molecule has 510 valence electrons. The molecule has 25 atom stereocenters. The van der Waals surface area contributed by atoms with E-state index in [0.717, 1.165) is 14.0 Å². The van der Waals surface area contributed by atoms with Crippen molar-refractivity contribution in [2.45, 2.75) is 162 Å². The average molecular weight is 1420 g/mol. The number of ether oxygens (including phenoxy) is 9. The lowest BCUT2D eigenvalue weighted by Gasteiger charge is -2.50. The summed E-state index contributed by atoms with van der Waals surface area (Å²) in [6, 6.07) is -4.64. The number of nitrogens with one attached hydrogen (secondary N) is 3. The van der Waals surface area contributed by atoms with Crippen molar-refractivity contribution >= 4 is 88.3 Å². The lowest BCUT2D eigenvalue weighted by atomic mass is 9.86. The Bertz CT molecular complexity index is 2830. The monoisotopic (exact) mass is 1420 g/mol. The summed E-state index contributed by atoms with van der Waals surface area (Å²) in [6.45, 7) is -0.115. The number of aliphatic carboxylic acids is 1. The molecule has 5 heterocycles. The first-order chi connectivity index (χ1) is 40.2. The third-order valence-corrected chi connectivity index (χ3v) is 16.1. The van der Waals surface area contributed by atoms with Gasteiger partial charge in [0.2, 0.25) is 0 Å². The molecule has 5 saturated heterocycles. The summed E-state index contributed by atoms with van der Waals surface area (Å²) in [7, 11) is -26.1. The van der Waals surface area contributed by atoms with E-state index in [0.29, 0.717) is 0 Å². The van der Waals surface area contributed by atoms with Crippen LogP contribution >= 0.6 is 24.6 Å². The molecule has 0 saturated carbocycles. The minimum absolute atomic E-state index is 0.505. The van der Waals surface area contributed by atoms with E-state index in [1.807, 2.05) is 0 Å². The van der Waals surface area contributed by atoms with Crippen LogP contribution in [0.25, 0.3) is 0 Å². The number of rotatable bonds is 31. The highest BCUT2D eigenvalue weighted by Crippen LogP contribution is 2.40. The van der Waals surface area contributed by atoms with Crippen LogP contribution in [0.3, 0.4) is 0 Å². The number of aliphatic hydroxyl groups is 5. The zero-order chi connectivity index (χ0) is 65.5. The molecular weight excluding hydrogens is 1360 g/mol. The zero-order valence-corrected chi connectivity index (χ0v) is 49.7. The Morgan fingerprint density at radius 2 is 1.01 bits per heavy atom. The fraction of sp³-hybridized carbons (Fsp3) is 0.941. The van der Waals surface area contributed by atoms with Crippen LogP contribution in [0.4, 0.5) is 0 Å². The molecule has 53 heteroatoms. The number of carboxylic acids is 1. The van der Waals surface area contributed by atoms with Crippen LogP contribution in [0.1, 0.15) is 20.8 Å². The van der Waals surface area contributed by atoms with E-state index >= 15 is 0 Å². The Morgan fingerprint density at radius 3 is 1.54 bits per heavy atom. The first kappa shape index (κ1) is 75.8. The molecule has 5 rings (SSSR count). The summed E-state index contributed by atoms with van der Waals surface area (Å²) in [5.74, 6) is -5.53. The number of amides is 1. The van der Waals surface area contributed by atoms with Crippen LogP contribution in [0.5, 0.6) is 0 Å². The van der Waals surface area contributed by atoms with Crippen molar-refractivity contribution in [3.8, 4) is 0 Å². The second-order valence-corrected chi connectivity index (χ2v) is 25.2. The van der Waals surface area contributed by atoms with Crippen LogP contribution in [0.15, 0.2) is 0 Å². The molecule has 0 spiro atoms. The number of likely N-dealkylation sites (N-methyl/N-ethyl adjacent to an activating group) is 1. The van der Waals surface area contributed by atoms with Gasteiger partial charge in [-0.05, 0) is 6.92 Å². The molecule has 0 aliphatic carbocycles. The van der Waals surface area contributed by atoms with Crippen molar-refractivity contribution in [2.75, 3.05) is 26.9 Å². The first-order valence-corrected chi connectivity index (χ1v) is 32.2. The predicted molar refractivity (Wildman–Crippen MR) is 263 cm³/mol. The lowest BCUT2D eigenvalue weighted by Crippen LogP contribution is -2.71. The maximum atomic E-state index is 13.5. The Balaban J connectivity index is 1.56. The first-order valence-electron chi connectivity index (χ1n) is 23.9. The van der Waals surface area contributed by atoms with E-state index in [2.05, 4.69) is 36.6 Å². The average Bonchev–Trinajstić information content (AvgIpc) is 0.893. The number of carbonyl (C=O) groups excluding carboxylic acids is 1. The fourth-order valence-electron chi connectivity index (χ4n) is 9.21. The third-order valence-electron chi connectivity index (χ3n) is 13.1. The number of carboxylic acid groups (broad SMARTS) is 1. The topological polar surface area (TPSA) is 670 Å². The van der Waals surface area contributed by atoms with Gasteiger partial charge in [-0.2, -0.15) is 56.4 Å². The summed E-state index contributed by atoms with van der Waals surface area (Å²) >= 11 is -1.11. The highest BCUT2D eigenvalue weighted by atomic mass is 32.3. The van der Waals surface area contributed by atoms with E-state index in [1.165, 1.54) is 18.6 Å². The molecule has 0 aromatic carbocycles. The van der Waals surface area contributed by atoms with Crippen molar-refractivity contribution in [1.29, 1.82) is 0 Å².